The van der Waals surface area contributed by atoms with Gasteiger partial charge in [-0.25, -0.2) is 18.1 Å². The summed E-state index contributed by atoms with van der Waals surface area (Å²) in [4.78, 5) is 16.2. The summed E-state index contributed by atoms with van der Waals surface area (Å²) in [6, 6.07) is 0. The second-order valence-corrected chi connectivity index (χ2v) is 7.96. The van der Waals surface area contributed by atoms with Gasteiger partial charge in [-0.15, -0.1) is 11.3 Å². The number of amides is 1. The highest BCUT2D eigenvalue weighted by molar-refractivity contribution is 7.90. The molecule has 6 nitrogen and oxygen atoms in total. The molecule has 8 heteroatoms. The van der Waals surface area contributed by atoms with E-state index in [0.29, 0.717) is 6.61 Å². The number of hydrogen-bond acceptors (Lipinski definition) is 6. The average Bonchev–Trinajstić information content (AvgIpc) is 3.08. The zero-order valence-electron chi connectivity index (χ0n) is 12.2. The summed E-state index contributed by atoms with van der Waals surface area (Å²) in [5.74, 6) is -0.718. The molecule has 1 saturated heterocycles. The highest BCUT2D eigenvalue weighted by atomic mass is 32.2. The van der Waals surface area contributed by atoms with Crippen LogP contribution in [0.25, 0.3) is 0 Å². The molecule has 0 radical (unpaired) electrons. The minimum absolute atomic E-state index is 0.00758. The van der Waals surface area contributed by atoms with Gasteiger partial charge in [0.25, 0.3) is 5.91 Å². The Morgan fingerprint density at radius 1 is 1.62 bits per heavy atom. The molecule has 1 aliphatic rings. The number of carbonyl (C=O) groups is 1. The molecule has 0 aromatic carbocycles. The zero-order chi connectivity index (χ0) is 15.5. The van der Waals surface area contributed by atoms with Gasteiger partial charge in [0.2, 0.25) is 10.0 Å². The maximum Gasteiger partial charge on any atom is 0.284 e. The van der Waals surface area contributed by atoms with Crippen LogP contribution in [0.4, 0.5) is 0 Å². The highest BCUT2D eigenvalue weighted by Gasteiger charge is 2.24. The second-order valence-electron chi connectivity index (χ2n) is 5.30. The molecule has 0 saturated carbocycles. The van der Waals surface area contributed by atoms with Crippen molar-refractivity contribution in [2.75, 3.05) is 12.4 Å². The van der Waals surface area contributed by atoms with E-state index in [1.807, 2.05) is 13.8 Å². The second kappa shape index (κ2) is 6.85. The minimum Gasteiger partial charge on any atom is -0.371 e. The highest BCUT2D eigenvalue weighted by Crippen LogP contribution is 2.30. The van der Waals surface area contributed by atoms with Crippen molar-refractivity contribution in [2.24, 2.45) is 5.92 Å². The largest absolute Gasteiger partial charge is 0.371 e. The summed E-state index contributed by atoms with van der Waals surface area (Å²) in [5.41, 5.74) is 0.137. The van der Waals surface area contributed by atoms with Gasteiger partial charge in [0.15, 0.2) is 0 Å². The molecule has 118 valence electrons. The van der Waals surface area contributed by atoms with Crippen LogP contribution in [-0.2, 0) is 14.8 Å². The van der Waals surface area contributed by atoms with Crippen LogP contribution in [0.15, 0.2) is 5.38 Å². The molecule has 1 amide bonds. The number of hydrogen-bond donors (Lipinski definition) is 1. The van der Waals surface area contributed by atoms with Crippen molar-refractivity contribution in [3.8, 4) is 0 Å². The number of aromatic nitrogens is 1. The zero-order valence-corrected chi connectivity index (χ0v) is 13.8. The van der Waals surface area contributed by atoms with Gasteiger partial charge in [-0.2, -0.15) is 0 Å². The van der Waals surface area contributed by atoms with Gasteiger partial charge in [-0.3, -0.25) is 4.79 Å². The van der Waals surface area contributed by atoms with Gasteiger partial charge >= 0.3 is 0 Å². The van der Waals surface area contributed by atoms with Crippen LogP contribution in [-0.4, -0.2) is 31.7 Å². The fourth-order valence-corrected chi connectivity index (χ4v) is 4.38. The van der Waals surface area contributed by atoms with E-state index in [1.54, 1.807) is 5.38 Å². The number of nitrogens with one attached hydrogen (secondary N) is 1. The SMILES string of the molecule is CC[C@H](C)CS(=O)(=O)NC(=O)c1csc([C@H]2CCCO2)n1. The Hall–Kier alpha value is -0.990. The molecular formula is C13H20N2O4S2. The Labute approximate surface area is 129 Å². The smallest absolute Gasteiger partial charge is 0.284 e. The van der Waals surface area contributed by atoms with E-state index < -0.39 is 15.9 Å². The van der Waals surface area contributed by atoms with Crippen LogP contribution in [0.2, 0.25) is 0 Å². The standard InChI is InChI=1S/C13H20N2O4S2/c1-3-9(2)8-21(17,18)15-12(16)10-7-20-13(14-10)11-5-4-6-19-11/h7,9,11H,3-6,8H2,1-2H3,(H,15,16)/t9-,11+/m0/s1. The van der Waals surface area contributed by atoms with Crippen molar-refractivity contribution >= 4 is 27.3 Å². The summed E-state index contributed by atoms with van der Waals surface area (Å²) in [6.07, 6.45) is 2.55. The first-order valence-electron chi connectivity index (χ1n) is 7.03. The molecule has 1 fully saturated rings. The number of carbonyl (C=O) groups excluding carboxylic acids is 1. The van der Waals surface area contributed by atoms with E-state index >= 15 is 0 Å². The molecule has 0 bridgehead atoms. The van der Waals surface area contributed by atoms with Crippen LogP contribution >= 0.6 is 11.3 Å². The number of sulfonamides is 1. The van der Waals surface area contributed by atoms with Crippen molar-refractivity contribution < 1.29 is 17.9 Å². The Balaban J connectivity index is 2.00. The van der Waals surface area contributed by atoms with E-state index in [4.69, 9.17) is 4.74 Å². The van der Waals surface area contributed by atoms with Gasteiger partial charge < -0.3 is 4.74 Å². The third-order valence-corrected chi connectivity index (χ3v) is 5.85. The average molecular weight is 332 g/mol. The topological polar surface area (TPSA) is 85.4 Å². The molecule has 2 rings (SSSR count). The summed E-state index contributed by atoms with van der Waals surface area (Å²) in [7, 11) is -3.62. The van der Waals surface area contributed by atoms with Crippen molar-refractivity contribution in [1.29, 1.82) is 0 Å². The fourth-order valence-electron chi connectivity index (χ4n) is 2.04. The van der Waals surface area contributed by atoms with Gasteiger partial charge in [0, 0.05) is 12.0 Å². The van der Waals surface area contributed by atoms with Crippen LogP contribution in [0.1, 0.15) is 54.7 Å². The Kier molecular flexibility index (Phi) is 5.34. The van der Waals surface area contributed by atoms with E-state index in [1.165, 1.54) is 11.3 Å². The fraction of sp³-hybridized carbons (Fsp3) is 0.692. The molecule has 1 N–H and O–H groups in total. The number of nitrogens with zero attached hydrogens (tertiary/aromatic N) is 1. The molecule has 2 heterocycles. The lowest BCUT2D eigenvalue weighted by Crippen LogP contribution is -2.34. The first-order valence-corrected chi connectivity index (χ1v) is 9.56. The summed E-state index contributed by atoms with van der Waals surface area (Å²) >= 11 is 1.33. The molecule has 1 aromatic rings. The number of ether oxygens (including phenoxy) is 1. The van der Waals surface area contributed by atoms with Crippen LogP contribution in [0.3, 0.4) is 0 Å². The molecule has 0 spiro atoms. The lowest BCUT2D eigenvalue weighted by molar-refractivity contribution is 0.0973. The third-order valence-electron chi connectivity index (χ3n) is 3.41. The molecular weight excluding hydrogens is 312 g/mol. The van der Waals surface area contributed by atoms with Crippen LogP contribution < -0.4 is 4.72 Å². The van der Waals surface area contributed by atoms with Crippen molar-refractivity contribution in [3.63, 3.8) is 0 Å². The normalized spacial score (nSPS) is 20.4. The lowest BCUT2D eigenvalue weighted by atomic mass is 10.2. The monoisotopic (exact) mass is 332 g/mol. The quantitative estimate of drug-likeness (QED) is 0.862. The summed E-state index contributed by atoms with van der Waals surface area (Å²) < 4.78 is 31.3. The van der Waals surface area contributed by atoms with Crippen molar-refractivity contribution in [3.05, 3.63) is 16.1 Å². The first-order chi connectivity index (χ1) is 9.91. The molecule has 2 atom stereocenters. The van der Waals surface area contributed by atoms with Crippen LogP contribution in [0.5, 0.6) is 0 Å². The maximum atomic E-state index is 12.0. The Bertz CT molecular complexity index is 591. The maximum absolute atomic E-state index is 12.0. The van der Waals surface area contributed by atoms with Crippen molar-refractivity contribution in [1.82, 2.24) is 9.71 Å². The lowest BCUT2D eigenvalue weighted by Gasteiger charge is -2.09. The number of rotatable bonds is 6. The number of thiazole rings is 1. The minimum atomic E-state index is -3.62. The van der Waals surface area contributed by atoms with E-state index in [2.05, 4.69) is 9.71 Å². The van der Waals surface area contributed by atoms with Gasteiger partial charge in [-0.1, -0.05) is 20.3 Å². The molecule has 0 unspecified atom stereocenters. The van der Waals surface area contributed by atoms with Gasteiger partial charge in [-0.05, 0) is 18.8 Å². The van der Waals surface area contributed by atoms with E-state index in [-0.39, 0.29) is 23.5 Å². The van der Waals surface area contributed by atoms with Crippen molar-refractivity contribution in [2.45, 2.75) is 39.2 Å². The third kappa shape index (κ3) is 4.49. The van der Waals surface area contributed by atoms with E-state index in [9.17, 15) is 13.2 Å². The van der Waals surface area contributed by atoms with Gasteiger partial charge in [0.1, 0.15) is 16.8 Å². The Morgan fingerprint density at radius 2 is 2.38 bits per heavy atom. The Morgan fingerprint density at radius 3 is 3.00 bits per heavy atom. The summed E-state index contributed by atoms with van der Waals surface area (Å²) in [5, 5.41) is 2.31. The predicted molar refractivity (Wildman–Crippen MR) is 80.7 cm³/mol. The van der Waals surface area contributed by atoms with E-state index in [0.717, 1.165) is 24.3 Å². The molecule has 0 aliphatic carbocycles. The molecule has 21 heavy (non-hydrogen) atoms. The molecule has 1 aromatic heterocycles. The van der Waals surface area contributed by atoms with Crippen LogP contribution in [0, 0.1) is 5.92 Å². The molecule has 1 aliphatic heterocycles. The van der Waals surface area contributed by atoms with Gasteiger partial charge in [0.05, 0.1) is 5.75 Å². The first kappa shape index (κ1) is 16.4. The predicted octanol–water partition coefficient (Wildman–Crippen LogP) is 2.10. The summed E-state index contributed by atoms with van der Waals surface area (Å²) in [6.45, 7) is 4.45.